The van der Waals surface area contributed by atoms with Crippen molar-refractivity contribution in [1.82, 2.24) is 25.5 Å². The highest BCUT2D eigenvalue weighted by molar-refractivity contribution is 5.93. The molecule has 0 fully saturated rings. The molecule has 0 bridgehead atoms. The predicted molar refractivity (Wildman–Crippen MR) is 92.2 cm³/mol. The minimum absolute atomic E-state index is 0.185. The molecule has 27 heavy (non-hydrogen) atoms. The van der Waals surface area contributed by atoms with E-state index in [0.717, 1.165) is 0 Å². The van der Waals surface area contributed by atoms with E-state index in [0.29, 0.717) is 28.1 Å². The minimum Gasteiger partial charge on any atom is -0.466 e. The van der Waals surface area contributed by atoms with E-state index < -0.39 is 11.9 Å². The van der Waals surface area contributed by atoms with Crippen LogP contribution < -0.4 is 5.32 Å². The number of aryl methyl sites for hydroxylation is 1. The molecular weight excluding hydrogens is 351 g/mol. The molecule has 1 aromatic carbocycles. The number of carbonyl (C=O) groups is 1. The van der Waals surface area contributed by atoms with Crippen LogP contribution in [0.4, 0.5) is 4.39 Å². The molecule has 1 atom stereocenters. The fourth-order valence-electron chi connectivity index (χ4n) is 3.21. The second kappa shape index (κ2) is 7.37. The summed E-state index contributed by atoms with van der Waals surface area (Å²) < 4.78 is 20.0. The first-order chi connectivity index (χ1) is 13.0. The number of benzene rings is 1. The smallest absolute Gasteiger partial charge is 0.336 e. The van der Waals surface area contributed by atoms with Gasteiger partial charge in [0.15, 0.2) is 0 Å². The maximum absolute atomic E-state index is 13.6. The zero-order chi connectivity index (χ0) is 19.6. The summed E-state index contributed by atoms with van der Waals surface area (Å²) in [4.78, 5) is 12.6. The van der Waals surface area contributed by atoms with E-state index >= 15 is 0 Å². The number of aromatic nitrogens is 4. The largest absolute Gasteiger partial charge is 0.466 e. The van der Waals surface area contributed by atoms with E-state index in [9.17, 15) is 14.4 Å². The lowest BCUT2D eigenvalue weighted by molar-refractivity contribution is -0.136. The van der Waals surface area contributed by atoms with E-state index in [4.69, 9.17) is 4.74 Å². The molecule has 0 spiro atoms. The van der Waals surface area contributed by atoms with E-state index in [2.05, 4.69) is 26.9 Å². The molecule has 8 nitrogen and oxygen atoms in total. The maximum Gasteiger partial charge on any atom is 0.336 e. The first kappa shape index (κ1) is 18.3. The number of nitrogens with one attached hydrogen (secondary N) is 1. The van der Waals surface area contributed by atoms with Crippen molar-refractivity contribution in [3.63, 3.8) is 0 Å². The van der Waals surface area contributed by atoms with Crippen molar-refractivity contribution >= 4 is 5.97 Å². The third-order valence-electron chi connectivity index (χ3n) is 4.43. The van der Waals surface area contributed by atoms with Gasteiger partial charge in [0.2, 0.25) is 0 Å². The Labute approximate surface area is 154 Å². The van der Waals surface area contributed by atoms with Gasteiger partial charge in [-0.3, -0.25) is 0 Å². The van der Waals surface area contributed by atoms with Gasteiger partial charge in [-0.15, -0.1) is 5.10 Å². The van der Waals surface area contributed by atoms with Gasteiger partial charge in [-0.05, 0) is 47.5 Å². The number of nitrogens with zero attached hydrogens (tertiary/aromatic N) is 5. The number of hydrogen-bond acceptors (Lipinski definition) is 7. The number of dihydropyridines is 1. The first-order valence-corrected chi connectivity index (χ1v) is 8.12. The third kappa shape index (κ3) is 3.42. The Balaban J connectivity index is 2.22. The van der Waals surface area contributed by atoms with Crippen LogP contribution in [0.15, 0.2) is 47.1 Å². The summed E-state index contributed by atoms with van der Waals surface area (Å²) in [6.07, 6.45) is 1.42. The summed E-state index contributed by atoms with van der Waals surface area (Å²) in [6, 6.07) is 6.44. The molecule has 0 radical (unpaired) electrons. The van der Waals surface area contributed by atoms with Crippen LogP contribution in [-0.4, -0.2) is 33.3 Å². The van der Waals surface area contributed by atoms with Crippen molar-refractivity contribution in [2.45, 2.75) is 26.3 Å². The van der Waals surface area contributed by atoms with Crippen molar-refractivity contribution in [2.75, 3.05) is 7.11 Å². The number of hydrogen-bond donors (Lipinski definition) is 1. The number of allylic oxidation sites excluding steroid dienone is 3. The SMILES string of the molecule is COC(=O)C1=C(Cn2cnnn2)NC(C)=C(C#N)C1c1ccc(F)cc1C. The highest BCUT2D eigenvalue weighted by Gasteiger charge is 2.36. The average Bonchev–Trinajstić information content (AvgIpc) is 3.14. The van der Waals surface area contributed by atoms with Gasteiger partial charge < -0.3 is 10.1 Å². The van der Waals surface area contributed by atoms with E-state index in [-0.39, 0.29) is 17.9 Å². The third-order valence-corrected chi connectivity index (χ3v) is 4.43. The van der Waals surface area contributed by atoms with Crippen LogP contribution >= 0.6 is 0 Å². The Hall–Kier alpha value is -3.54. The van der Waals surface area contributed by atoms with Gasteiger partial charge in [-0.1, -0.05) is 6.07 Å². The second-order valence-electron chi connectivity index (χ2n) is 6.10. The van der Waals surface area contributed by atoms with Gasteiger partial charge in [-0.25, -0.2) is 13.9 Å². The summed E-state index contributed by atoms with van der Waals surface area (Å²) in [5.41, 5.74) is 3.03. The van der Waals surface area contributed by atoms with Gasteiger partial charge in [0.1, 0.15) is 12.1 Å². The number of carbonyl (C=O) groups excluding carboxylic acids is 1. The molecule has 1 N–H and O–H groups in total. The number of methoxy groups -OCH3 is 1. The quantitative estimate of drug-likeness (QED) is 0.819. The topological polar surface area (TPSA) is 106 Å². The van der Waals surface area contributed by atoms with E-state index in [1.165, 1.54) is 30.3 Å². The molecular formula is C18H17FN6O2. The Kier molecular flexibility index (Phi) is 4.98. The molecule has 0 saturated carbocycles. The van der Waals surface area contributed by atoms with Gasteiger partial charge in [0.25, 0.3) is 0 Å². The summed E-state index contributed by atoms with van der Waals surface area (Å²) >= 11 is 0. The monoisotopic (exact) mass is 368 g/mol. The fraction of sp³-hybridized carbons (Fsp3) is 0.278. The lowest BCUT2D eigenvalue weighted by Crippen LogP contribution is -2.31. The molecule has 1 unspecified atom stereocenters. The lowest BCUT2D eigenvalue weighted by atomic mass is 9.79. The van der Waals surface area contributed by atoms with Crippen molar-refractivity contribution in [1.29, 1.82) is 5.26 Å². The summed E-state index contributed by atoms with van der Waals surface area (Å²) in [5.74, 6) is -1.66. The molecule has 0 saturated heterocycles. The summed E-state index contributed by atoms with van der Waals surface area (Å²) in [7, 11) is 1.27. The molecule has 3 rings (SSSR count). The number of rotatable bonds is 4. The van der Waals surface area contributed by atoms with Crippen molar-refractivity contribution in [2.24, 2.45) is 0 Å². The Morgan fingerprint density at radius 1 is 1.44 bits per heavy atom. The van der Waals surface area contributed by atoms with Crippen LogP contribution in [0.5, 0.6) is 0 Å². The predicted octanol–water partition coefficient (Wildman–Crippen LogP) is 1.73. The number of ether oxygens (including phenoxy) is 1. The molecule has 138 valence electrons. The molecule has 0 aliphatic carbocycles. The van der Waals surface area contributed by atoms with Crippen LogP contribution in [0.2, 0.25) is 0 Å². The van der Waals surface area contributed by atoms with E-state index in [1.54, 1.807) is 19.9 Å². The number of halogens is 1. The minimum atomic E-state index is -0.684. The summed E-state index contributed by atoms with van der Waals surface area (Å²) in [5, 5.41) is 23.8. The van der Waals surface area contributed by atoms with E-state index in [1.807, 2.05) is 0 Å². The molecule has 9 heteroatoms. The first-order valence-electron chi connectivity index (χ1n) is 8.12. The molecule has 0 amide bonds. The van der Waals surface area contributed by atoms with Crippen molar-refractivity contribution < 1.29 is 13.9 Å². The van der Waals surface area contributed by atoms with Gasteiger partial charge >= 0.3 is 5.97 Å². The zero-order valence-corrected chi connectivity index (χ0v) is 15.0. The molecule has 1 aromatic heterocycles. The molecule has 1 aliphatic rings. The Morgan fingerprint density at radius 3 is 2.81 bits per heavy atom. The average molecular weight is 368 g/mol. The van der Waals surface area contributed by atoms with Gasteiger partial charge in [-0.2, -0.15) is 5.26 Å². The zero-order valence-electron chi connectivity index (χ0n) is 15.0. The maximum atomic E-state index is 13.6. The van der Waals surface area contributed by atoms with Crippen LogP contribution in [0.25, 0.3) is 0 Å². The summed E-state index contributed by atoms with van der Waals surface area (Å²) in [6.45, 7) is 3.67. The highest BCUT2D eigenvalue weighted by Crippen LogP contribution is 2.40. The second-order valence-corrected chi connectivity index (χ2v) is 6.10. The van der Waals surface area contributed by atoms with Crippen LogP contribution in [-0.2, 0) is 16.1 Å². The van der Waals surface area contributed by atoms with Crippen LogP contribution in [0.1, 0.15) is 24.0 Å². The van der Waals surface area contributed by atoms with Crippen LogP contribution in [0.3, 0.4) is 0 Å². The van der Waals surface area contributed by atoms with Gasteiger partial charge in [0.05, 0.1) is 36.8 Å². The van der Waals surface area contributed by atoms with Crippen LogP contribution in [0, 0.1) is 24.1 Å². The normalized spacial score (nSPS) is 16.8. The number of nitriles is 1. The van der Waals surface area contributed by atoms with Gasteiger partial charge in [0, 0.05) is 11.4 Å². The Bertz CT molecular complexity index is 988. The fourth-order valence-corrected chi connectivity index (χ4v) is 3.21. The Morgan fingerprint density at radius 2 is 2.22 bits per heavy atom. The lowest BCUT2D eigenvalue weighted by Gasteiger charge is -2.30. The number of tetrazole rings is 1. The van der Waals surface area contributed by atoms with Crippen molar-refractivity contribution in [3.05, 3.63) is 64.0 Å². The van der Waals surface area contributed by atoms with Crippen molar-refractivity contribution in [3.8, 4) is 6.07 Å². The molecule has 1 aliphatic heterocycles. The standard InChI is InChI=1S/C18H17FN6O2/c1-10-6-12(19)4-5-13(10)16-14(7-20)11(2)22-15(17(16)18(26)27-3)8-25-9-21-23-24-25/h4-6,9,16,22H,8H2,1-3H3. The number of esters is 1. The highest BCUT2D eigenvalue weighted by atomic mass is 19.1. The molecule has 2 heterocycles. The molecule has 2 aromatic rings.